The normalized spacial score (nSPS) is 16.4. The third-order valence-electron chi connectivity index (χ3n) is 3.56. The number of hydrogen-bond donors (Lipinski definition) is 1. The van der Waals surface area contributed by atoms with Crippen LogP contribution in [0.2, 0.25) is 0 Å². The molecule has 1 aliphatic heterocycles. The van der Waals surface area contributed by atoms with E-state index in [1.165, 1.54) is 0 Å². The van der Waals surface area contributed by atoms with Gasteiger partial charge in [0.1, 0.15) is 0 Å². The van der Waals surface area contributed by atoms with Crippen LogP contribution in [0.4, 0.5) is 0 Å². The standard InChI is InChI=1S/C15H22N2O2/c16-15(18)14-7-2-1-5-13(14)6-3-4-8-17-9-11-19-12-10-17/h1-2,5,7H,3-4,6,8-12H2,(H2,16,18). The van der Waals surface area contributed by atoms with E-state index in [9.17, 15) is 4.79 Å². The van der Waals surface area contributed by atoms with Crippen molar-refractivity contribution in [2.24, 2.45) is 5.73 Å². The molecule has 0 spiro atoms. The zero-order chi connectivity index (χ0) is 13.5. The summed E-state index contributed by atoms with van der Waals surface area (Å²) < 4.78 is 5.32. The molecule has 1 aromatic rings. The van der Waals surface area contributed by atoms with Crippen LogP contribution in [-0.4, -0.2) is 43.7 Å². The summed E-state index contributed by atoms with van der Waals surface area (Å²) >= 11 is 0. The van der Waals surface area contributed by atoms with E-state index in [2.05, 4.69) is 4.90 Å². The van der Waals surface area contributed by atoms with Gasteiger partial charge in [0.25, 0.3) is 0 Å². The molecule has 1 aliphatic rings. The molecule has 0 radical (unpaired) electrons. The second-order valence-corrected chi connectivity index (χ2v) is 4.93. The molecule has 19 heavy (non-hydrogen) atoms. The van der Waals surface area contributed by atoms with Gasteiger partial charge >= 0.3 is 0 Å². The van der Waals surface area contributed by atoms with E-state index in [0.717, 1.165) is 57.7 Å². The minimum atomic E-state index is -0.330. The molecule has 1 saturated heterocycles. The van der Waals surface area contributed by atoms with Crippen molar-refractivity contribution in [2.45, 2.75) is 19.3 Å². The highest BCUT2D eigenvalue weighted by Gasteiger charge is 2.10. The minimum Gasteiger partial charge on any atom is -0.379 e. The zero-order valence-corrected chi connectivity index (χ0v) is 11.3. The molecule has 1 amide bonds. The fraction of sp³-hybridized carbons (Fsp3) is 0.533. The van der Waals surface area contributed by atoms with Crippen LogP contribution in [0.5, 0.6) is 0 Å². The second-order valence-electron chi connectivity index (χ2n) is 4.93. The van der Waals surface area contributed by atoms with Crippen LogP contribution in [-0.2, 0) is 11.2 Å². The second kappa shape index (κ2) is 7.26. The van der Waals surface area contributed by atoms with E-state index >= 15 is 0 Å². The number of hydrogen-bond acceptors (Lipinski definition) is 3. The first-order valence-corrected chi connectivity index (χ1v) is 6.95. The van der Waals surface area contributed by atoms with Crippen LogP contribution in [0.25, 0.3) is 0 Å². The van der Waals surface area contributed by atoms with Crippen LogP contribution >= 0.6 is 0 Å². The lowest BCUT2D eigenvalue weighted by molar-refractivity contribution is 0.0372. The van der Waals surface area contributed by atoms with Crippen LogP contribution in [0.15, 0.2) is 24.3 Å². The average Bonchev–Trinajstić information content (AvgIpc) is 2.45. The molecule has 2 N–H and O–H groups in total. The van der Waals surface area contributed by atoms with Crippen LogP contribution in [0, 0.1) is 0 Å². The molecule has 1 fully saturated rings. The SMILES string of the molecule is NC(=O)c1ccccc1CCCCN1CCOCC1. The maximum absolute atomic E-state index is 11.3. The molecule has 4 nitrogen and oxygen atoms in total. The topological polar surface area (TPSA) is 55.6 Å². The lowest BCUT2D eigenvalue weighted by Crippen LogP contribution is -2.36. The van der Waals surface area contributed by atoms with Crippen molar-refractivity contribution in [1.29, 1.82) is 0 Å². The minimum absolute atomic E-state index is 0.330. The highest BCUT2D eigenvalue weighted by molar-refractivity contribution is 5.94. The number of amides is 1. The molecular weight excluding hydrogens is 240 g/mol. The maximum Gasteiger partial charge on any atom is 0.248 e. The Balaban J connectivity index is 1.74. The zero-order valence-electron chi connectivity index (χ0n) is 11.3. The summed E-state index contributed by atoms with van der Waals surface area (Å²) in [4.78, 5) is 13.7. The number of unbranched alkanes of at least 4 members (excludes halogenated alkanes) is 1. The van der Waals surface area contributed by atoms with E-state index in [0.29, 0.717) is 5.56 Å². The Bertz CT molecular complexity index is 414. The number of morpholine rings is 1. The predicted molar refractivity (Wildman–Crippen MR) is 75.2 cm³/mol. The van der Waals surface area contributed by atoms with Crippen molar-refractivity contribution >= 4 is 5.91 Å². The molecule has 1 aromatic carbocycles. The number of nitrogens with two attached hydrogens (primary N) is 1. The van der Waals surface area contributed by atoms with Crippen LogP contribution in [0.3, 0.4) is 0 Å². The Kier molecular flexibility index (Phi) is 5.36. The van der Waals surface area contributed by atoms with Crippen LogP contribution in [0.1, 0.15) is 28.8 Å². The highest BCUT2D eigenvalue weighted by atomic mass is 16.5. The van der Waals surface area contributed by atoms with Gasteiger partial charge in [0, 0.05) is 18.7 Å². The van der Waals surface area contributed by atoms with Gasteiger partial charge in [-0.3, -0.25) is 9.69 Å². The lowest BCUT2D eigenvalue weighted by Gasteiger charge is -2.26. The summed E-state index contributed by atoms with van der Waals surface area (Å²) in [7, 11) is 0. The molecule has 0 aromatic heterocycles. The maximum atomic E-state index is 11.3. The Labute approximate surface area is 114 Å². The fourth-order valence-corrected chi connectivity index (χ4v) is 2.45. The molecule has 2 rings (SSSR count). The summed E-state index contributed by atoms with van der Waals surface area (Å²) in [6.45, 7) is 4.90. The van der Waals surface area contributed by atoms with Crippen molar-refractivity contribution in [2.75, 3.05) is 32.8 Å². The van der Waals surface area contributed by atoms with Crippen molar-refractivity contribution in [3.8, 4) is 0 Å². The summed E-state index contributed by atoms with van der Waals surface area (Å²) in [5.74, 6) is -0.330. The molecule has 4 heteroatoms. The molecule has 0 bridgehead atoms. The quantitative estimate of drug-likeness (QED) is 0.789. The molecule has 0 atom stereocenters. The molecule has 104 valence electrons. The molecule has 0 unspecified atom stereocenters. The third-order valence-corrected chi connectivity index (χ3v) is 3.56. The van der Waals surface area contributed by atoms with E-state index in [-0.39, 0.29) is 5.91 Å². The highest BCUT2D eigenvalue weighted by Crippen LogP contribution is 2.12. The van der Waals surface area contributed by atoms with Crippen LogP contribution < -0.4 is 5.73 Å². The molecule has 0 saturated carbocycles. The van der Waals surface area contributed by atoms with Gasteiger partial charge in [0.15, 0.2) is 0 Å². The Morgan fingerprint density at radius 2 is 1.95 bits per heavy atom. The number of rotatable bonds is 6. The number of primary amides is 1. The van der Waals surface area contributed by atoms with Crippen molar-refractivity contribution in [1.82, 2.24) is 4.90 Å². The Morgan fingerprint density at radius 3 is 2.68 bits per heavy atom. The first kappa shape index (κ1) is 14.0. The largest absolute Gasteiger partial charge is 0.379 e. The van der Waals surface area contributed by atoms with E-state index < -0.39 is 0 Å². The Hall–Kier alpha value is -1.39. The van der Waals surface area contributed by atoms with Gasteiger partial charge in [-0.2, -0.15) is 0 Å². The monoisotopic (exact) mass is 262 g/mol. The number of carbonyl (C=O) groups excluding carboxylic acids is 1. The van der Waals surface area contributed by atoms with Gasteiger partial charge in [-0.25, -0.2) is 0 Å². The Morgan fingerprint density at radius 1 is 1.21 bits per heavy atom. The van der Waals surface area contributed by atoms with E-state index in [1.54, 1.807) is 6.07 Å². The van der Waals surface area contributed by atoms with Gasteiger partial charge < -0.3 is 10.5 Å². The summed E-state index contributed by atoms with van der Waals surface area (Å²) in [5.41, 5.74) is 7.10. The first-order chi connectivity index (χ1) is 9.27. The smallest absolute Gasteiger partial charge is 0.248 e. The van der Waals surface area contributed by atoms with Gasteiger partial charge in [-0.1, -0.05) is 18.2 Å². The molecule has 0 aliphatic carbocycles. The third kappa shape index (κ3) is 4.33. The van der Waals surface area contributed by atoms with Crippen molar-refractivity contribution < 1.29 is 9.53 Å². The van der Waals surface area contributed by atoms with Gasteiger partial charge in [0.05, 0.1) is 13.2 Å². The lowest BCUT2D eigenvalue weighted by atomic mass is 10.0. The van der Waals surface area contributed by atoms with Crippen molar-refractivity contribution in [3.05, 3.63) is 35.4 Å². The van der Waals surface area contributed by atoms with E-state index in [1.807, 2.05) is 18.2 Å². The number of carbonyl (C=O) groups is 1. The summed E-state index contributed by atoms with van der Waals surface area (Å²) in [6.07, 6.45) is 3.15. The summed E-state index contributed by atoms with van der Waals surface area (Å²) in [5, 5.41) is 0. The number of aryl methyl sites for hydroxylation is 1. The summed E-state index contributed by atoms with van der Waals surface area (Å²) in [6, 6.07) is 7.62. The predicted octanol–water partition coefficient (Wildman–Crippen LogP) is 1.44. The average molecular weight is 262 g/mol. The number of benzene rings is 1. The van der Waals surface area contributed by atoms with Crippen molar-refractivity contribution in [3.63, 3.8) is 0 Å². The number of ether oxygens (including phenoxy) is 1. The fourth-order valence-electron chi connectivity index (χ4n) is 2.45. The molecule has 1 heterocycles. The van der Waals surface area contributed by atoms with E-state index in [4.69, 9.17) is 10.5 Å². The van der Waals surface area contributed by atoms with Gasteiger partial charge in [-0.15, -0.1) is 0 Å². The van der Waals surface area contributed by atoms with Gasteiger partial charge in [-0.05, 0) is 37.4 Å². The number of nitrogens with zero attached hydrogens (tertiary/aromatic N) is 1. The molecular formula is C15H22N2O2. The van der Waals surface area contributed by atoms with Gasteiger partial charge in [0.2, 0.25) is 5.91 Å². The first-order valence-electron chi connectivity index (χ1n) is 6.95.